The van der Waals surface area contributed by atoms with Crippen LogP contribution in [-0.2, 0) is 0 Å². The maximum Gasteiger partial charge on any atom is 0.265 e. The Morgan fingerprint density at radius 1 is 1.06 bits per heavy atom. The van der Waals surface area contributed by atoms with Crippen molar-refractivity contribution in [3.05, 3.63) is 81.9 Å². The molecule has 0 spiro atoms. The number of nitrogens with zero attached hydrogens (tertiary/aromatic N) is 4. The van der Waals surface area contributed by atoms with Gasteiger partial charge < -0.3 is 9.84 Å². The lowest BCUT2D eigenvalue weighted by Crippen LogP contribution is -2.20. The van der Waals surface area contributed by atoms with Gasteiger partial charge in [0.1, 0.15) is 5.75 Å². The fraction of sp³-hybridized carbons (Fsp3) is 0.167. The quantitative estimate of drug-likeness (QED) is 0.356. The molecule has 8 heteroatoms. The first-order chi connectivity index (χ1) is 15.5. The summed E-state index contributed by atoms with van der Waals surface area (Å²) >= 11 is 0. The molecule has 2 N–H and O–H groups in total. The van der Waals surface area contributed by atoms with Crippen LogP contribution in [0, 0.1) is 13.8 Å². The Kier molecular flexibility index (Phi) is 5.85. The van der Waals surface area contributed by atoms with Gasteiger partial charge in [0.2, 0.25) is 11.8 Å². The van der Waals surface area contributed by atoms with E-state index in [1.165, 1.54) is 10.8 Å². The first-order valence-electron chi connectivity index (χ1n) is 10.2. The largest absolute Gasteiger partial charge is 0.494 e. The number of rotatable bonds is 6. The van der Waals surface area contributed by atoms with Crippen LogP contribution in [-0.4, -0.2) is 32.5 Å². The zero-order valence-electron chi connectivity index (χ0n) is 18.0. The van der Waals surface area contributed by atoms with E-state index in [0.717, 1.165) is 11.4 Å². The van der Waals surface area contributed by atoms with Gasteiger partial charge in [0.05, 0.1) is 24.1 Å². The van der Waals surface area contributed by atoms with Crippen LogP contribution in [0.3, 0.4) is 0 Å². The number of fused-ring (bicyclic) bond motifs is 1. The standard InChI is InChI=1S/C24H23N5O3/c1-4-32-18-11-9-17(10-12-18)29-22(30)20-8-6-5-7-19(20)21(23(29)31)14-25-28-24-26-15(2)13-16(3)27-24/h5-14,31H,4H2,1-3H3,(H,26,27,28)/b25-14+. The normalized spacial score (nSPS) is 11.2. The molecular formula is C24H23N5O3. The summed E-state index contributed by atoms with van der Waals surface area (Å²) in [6.07, 6.45) is 1.46. The third-order valence-electron chi connectivity index (χ3n) is 4.85. The van der Waals surface area contributed by atoms with Crippen molar-refractivity contribution in [3.63, 3.8) is 0 Å². The van der Waals surface area contributed by atoms with Gasteiger partial charge in [-0.05, 0) is 57.2 Å². The third-order valence-corrected chi connectivity index (χ3v) is 4.85. The number of hydrogen-bond acceptors (Lipinski definition) is 7. The molecule has 0 unspecified atom stereocenters. The van der Waals surface area contributed by atoms with Crippen molar-refractivity contribution in [1.82, 2.24) is 14.5 Å². The number of benzene rings is 2. The van der Waals surface area contributed by atoms with E-state index in [9.17, 15) is 9.90 Å². The van der Waals surface area contributed by atoms with E-state index in [1.54, 1.807) is 48.5 Å². The first kappa shape index (κ1) is 21.0. The zero-order valence-corrected chi connectivity index (χ0v) is 18.0. The molecule has 2 aromatic carbocycles. The lowest BCUT2D eigenvalue weighted by Gasteiger charge is -2.14. The van der Waals surface area contributed by atoms with Crippen LogP contribution in [0.1, 0.15) is 23.9 Å². The van der Waals surface area contributed by atoms with Crippen LogP contribution < -0.4 is 15.7 Å². The molecule has 0 bridgehead atoms. The third kappa shape index (κ3) is 4.15. The van der Waals surface area contributed by atoms with Gasteiger partial charge in [-0.3, -0.25) is 4.79 Å². The van der Waals surface area contributed by atoms with Crippen LogP contribution in [0.5, 0.6) is 11.6 Å². The molecule has 4 rings (SSSR count). The maximum absolute atomic E-state index is 13.2. The van der Waals surface area contributed by atoms with E-state index in [4.69, 9.17) is 4.74 Å². The molecule has 0 saturated carbocycles. The summed E-state index contributed by atoms with van der Waals surface area (Å²) in [6.45, 7) is 6.18. The SMILES string of the molecule is CCOc1ccc(-n2c(O)c(/C=N/Nc3nc(C)cc(C)n3)c3ccccc3c2=O)cc1. The summed E-state index contributed by atoms with van der Waals surface area (Å²) < 4.78 is 6.73. The summed E-state index contributed by atoms with van der Waals surface area (Å²) in [5.41, 5.74) is 5.00. The Morgan fingerprint density at radius 3 is 2.38 bits per heavy atom. The molecule has 0 aliphatic heterocycles. The van der Waals surface area contributed by atoms with Crippen LogP contribution >= 0.6 is 0 Å². The first-order valence-corrected chi connectivity index (χ1v) is 10.2. The highest BCUT2D eigenvalue weighted by Gasteiger charge is 2.16. The van der Waals surface area contributed by atoms with Crippen LogP contribution in [0.4, 0.5) is 5.95 Å². The molecule has 0 fully saturated rings. The molecule has 0 aliphatic carbocycles. The number of anilines is 1. The second-order valence-corrected chi connectivity index (χ2v) is 7.19. The Hall–Kier alpha value is -4.20. The number of aromatic nitrogens is 3. The Labute approximate surface area is 184 Å². The fourth-order valence-electron chi connectivity index (χ4n) is 3.52. The van der Waals surface area contributed by atoms with Crippen LogP contribution in [0.2, 0.25) is 0 Å². The lowest BCUT2D eigenvalue weighted by molar-refractivity contribution is 0.340. The number of hydrogen-bond donors (Lipinski definition) is 2. The van der Waals surface area contributed by atoms with E-state index in [2.05, 4.69) is 20.5 Å². The average Bonchev–Trinajstić information content (AvgIpc) is 2.77. The van der Waals surface area contributed by atoms with E-state index in [0.29, 0.717) is 40.3 Å². The molecule has 4 aromatic rings. The van der Waals surface area contributed by atoms with Gasteiger partial charge in [-0.2, -0.15) is 5.10 Å². The van der Waals surface area contributed by atoms with Gasteiger partial charge in [0, 0.05) is 22.2 Å². The summed E-state index contributed by atoms with van der Waals surface area (Å²) in [7, 11) is 0. The van der Waals surface area contributed by atoms with Crippen LogP contribution in [0.15, 0.2) is 64.5 Å². The van der Waals surface area contributed by atoms with Crippen molar-refractivity contribution in [1.29, 1.82) is 0 Å². The Morgan fingerprint density at radius 2 is 1.72 bits per heavy atom. The second kappa shape index (κ2) is 8.89. The predicted molar refractivity (Wildman–Crippen MR) is 125 cm³/mol. The summed E-state index contributed by atoms with van der Waals surface area (Å²) in [6, 6.07) is 15.9. The molecule has 8 nitrogen and oxygen atoms in total. The molecule has 0 aliphatic rings. The Bertz CT molecular complexity index is 1340. The number of ether oxygens (including phenoxy) is 1. The van der Waals surface area contributed by atoms with Gasteiger partial charge >= 0.3 is 0 Å². The van der Waals surface area contributed by atoms with E-state index in [1.807, 2.05) is 26.8 Å². The summed E-state index contributed by atoms with van der Waals surface area (Å²) in [5, 5.41) is 16.3. The summed E-state index contributed by atoms with van der Waals surface area (Å²) in [4.78, 5) is 21.7. The van der Waals surface area contributed by atoms with Crippen molar-refractivity contribution in [2.24, 2.45) is 5.10 Å². The molecule has 0 saturated heterocycles. The smallest absolute Gasteiger partial charge is 0.265 e. The Balaban J connectivity index is 1.80. The van der Waals surface area contributed by atoms with Crippen molar-refractivity contribution >= 4 is 22.9 Å². The predicted octanol–water partition coefficient (Wildman–Crippen LogP) is 3.95. The highest BCUT2D eigenvalue weighted by Crippen LogP contribution is 2.26. The van der Waals surface area contributed by atoms with Gasteiger partial charge in [-0.25, -0.2) is 20.0 Å². The van der Waals surface area contributed by atoms with E-state index >= 15 is 0 Å². The minimum absolute atomic E-state index is 0.218. The molecule has 2 heterocycles. The van der Waals surface area contributed by atoms with Crippen molar-refractivity contribution in [2.45, 2.75) is 20.8 Å². The molecular weight excluding hydrogens is 406 g/mol. The average molecular weight is 429 g/mol. The monoisotopic (exact) mass is 429 g/mol. The number of aromatic hydroxyl groups is 1. The van der Waals surface area contributed by atoms with Gasteiger partial charge in [-0.15, -0.1) is 0 Å². The van der Waals surface area contributed by atoms with Crippen molar-refractivity contribution in [2.75, 3.05) is 12.0 Å². The topological polar surface area (TPSA) is 102 Å². The number of pyridine rings is 1. The minimum Gasteiger partial charge on any atom is -0.494 e. The second-order valence-electron chi connectivity index (χ2n) is 7.19. The molecule has 162 valence electrons. The van der Waals surface area contributed by atoms with Crippen molar-refractivity contribution in [3.8, 4) is 17.3 Å². The lowest BCUT2D eigenvalue weighted by atomic mass is 10.1. The van der Waals surface area contributed by atoms with E-state index in [-0.39, 0.29) is 11.4 Å². The maximum atomic E-state index is 13.2. The molecule has 0 radical (unpaired) electrons. The van der Waals surface area contributed by atoms with Crippen molar-refractivity contribution < 1.29 is 9.84 Å². The van der Waals surface area contributed by atoms with E-state index < -0.39 is 0 Å². The minimum atomic E-state index is -0.329. The molecule has 0 amide bonds. The van der Waals surface area contributed by atoms with Gasteiger partial charge in [0.25, 0.3) is 5.56 Å². The highest BCUT2D eigenvalue weighted by atomic mass is 16.5. The van der Waals surface area contributed by atoms with Gasteiger partial charge in [0.15, 0.2) is 0 Å². The molecule has 32 heavy (non-hydrogen) atoms. The summed E-state index contributed by atoms with van der Waals surface area (Å²) in [5.74, 6) is 0.816. The fourth-order valence-corrected chi connectivity index (χ4v) is 3.52. The van der Waals surface area contributed by atoms with Gasteiger partial charge in [-0.1, -0.05) is 18.2 Å². The number of nitrogens with one attached hydrogen (secondary N) is 1. The number of hydrazone groups is 1. The molecule has 0 atom stereocenters. The molecule has 2 aromatic heterocycles. The zero-order chi connectivity index (χ0) is 22.7. The number of aryl methyl sites for hydroxylation is 2. The highest BCUT2D eigenvalue weighted by molar-refractivity contribution is 6.01. The van der Waals surface area contributed by atoms with Crippen LogP contribution in [0.25, 0.3) is 16.5 Å².